The van der Waals surface area contributed by atoms with Crippen molar-refractivity contribution in [2.75, 3.05) is 7.05 Å². The van der Waals surface area contributed by atoms with E-state index in [2.05, 4.69) is 10.3 Å². The molecular weight excluding hydrogens is 316 g/mol. The summed E-state index contributed by atoms with van der Waals surface area (Å²) >= 11 is 0. The molecule has 2 aromatic rings. The number of nitrogens with one attached hydrogen (secondary N) is 1. The van der Waals surface area contributed by atoms with Gasteiger partial charge in [0.2, 0.25) is 0 Å². The van der Waals surface area contributed by atoms with Gasteiger partial charge in [-0.2, -0.15) is 0 Å². The third-order valence-corrected chi connectivity index (χ3v) is 3.68. The predicted octanol–water partition coefficient (Wildman–Crippen LogP) is 3.55. The van der Waals surface area contributed by atoms with E-state index in [4.69, 9.17) is 4.74 Å². The molecule has 132 valence electrons. The lowest BCUT2D eigenvalue weighted by atomic mass is 9.96. The molecule has 0 saturated heterocycles. The highest BCUT2D eigenvalue weighted by atomic mass is 16.6. The van der Waals surface area contributed by atoms with E-state index in [1.54, 1.807) is 26.8 Å². The molecule has 0 unspecified atom stereocenters. The van der Waals surface area contributed by atoms with Gasteiger partial charge in [-0.15, -0.1) is 0 Å². The number of esters is 1. The zero-order chi connectivity index (χ0) is 18.6. The van der Waals surface area contributed by atoms with Crippen LogP contribution in [0.3, 0.4) is 0 Å². The van der Waals surface area contributed by atoms with Crippen molar-refractivity contribution in [3.63, 3.8) is 0 Å². The lowest BCUT2D eigenvalue weighted by Crippen LogP contribution is -2.25. The quantitative estimate of drug-likeness (QED) is 0.864. The number of ether oxygens (including phenoxy) is 1. The van der Waals surface area contributed by atoms with Crippen LogP contribution >= 0.6 is 0 Å². The lowest BCUT2D eigenvalue weighted by Gasteiger charge is -2.20. The summed E-state index contributed by atoms with van der Waals surface area (Å²) in [5.74, 6) is -0.875. The molecule has 0 fully saturated rings. The van der Waals surface area contributed by atoms with Gasteiger partial charge >= 0.3 is 5.97 Å². The Labute approximate surface area is 148 Å². The van der Waals surface area contributed by atoms with E-state index in [1.165, 1.54) is 13.1 Å². The largest absolute Gasteiger partial charge is 0.456 e. The number of pyridine rings is 1. The van der Waals surface area contributed by atoms with Gasteiger partial charge in [0.15, 0.2) is 0 Å². The van der Waals surface area contributed by atoms with Crippen LogP contribution < -0.4 is 5.32 Å². The number of carbonyl (C=O) groups excluding carboxylic acids is 2. The first-order valence-electron chi connectivity index (χ1n) is 8.23. The van der Waals surface area contributed by atoms with Gasteiger partial charge in [0.05, 0.1) is 5.56 Å². The predicted molar refractivity (Wildman–Crippen MR) is 96.8 cm³/mol. The standard InChI is InChI=1S/C20H24N2O3/c1-13(14-9-7-6-8-10-14)16-11-15(19(24)25-20(2,3)4)12-17(22-16)18(23)21-5/h6-13H,1-5H3,(H,21,23)/t13-/m1/s1. The minimum atomic E-state index is -0.612. The van der Waals surface area contributed by atoms with E-state index in [-0.39, 0.29) is 17.5 Å². The van der Waals surface area contributed by atoms with Gasteiger partial charge in [0, 0.05) is 18.7 Å². The zero-order valence-corrected chi connectivity index (χ0v) is 15.3. The highest BCUT2D eigenvalue weighted by Gasteiger charge is 2.22. The first-order valence-corrected chi connectivity index (χ1v) is 8.23. The van der Waals surface area contributed by atoms with Crippen molar-refractivity contribution in [1.82, 2.24) is 10.3 Å². The second-order valence-corrected chi connectivity index (χ2v) is 6.88. The number of hydrogen-bond donors (Lipinski definition) is 1. The van der Waals surface area contributed by atoms with Crippen molar-refractivity contribution in [2.24, 2.45) is 0 Å². The van der Waals surface area contributed by atoms with E-state index in [1.807, 2.05) is 37.3 Å². The molecule has 0 radical (unpaired) electrons. The highest BCUT2D eigenvalue weighted by molar-refractivity contribution is 5.96. The molecule has 1 aromatic carbocycles. The topological polar surface area (TPSA) is 68.3 Å². The maximum Gasteiger partial charge on any atom is 0.338 e. The molecule has 1 atom stereocenters. The Morgan fingerprint density at radius 1 is 1.12 bits per heavy atom. The van der Waals surface area contributed by atoms with Crippen LogP contribution in [0.1, 0.15) is 65.7 Å². The molecule has 5 nitrogen and oxygen atoms in total. The SMILES string of the molecule is CNC(=O)c1cc(C(=O)OC(C)(C)C)cc([C@H](C)c2ccccc2)n1. The number of carbonyl (C=O) groups is 2. The van der Waals surface area contributed by atoms with Crippen molar-refractivity contribution in [1.29, 1.82) is 0 Å². The Kier molecular flexibility index (Phi) is 5.57. The van der Waals surface area contributed by atoms with Crippen LogP contribution in [0, 0.1) is 0 Å². The van der Waals surface area contributed by atoms with Crippen LogP contribution in [0.2, 0.25) is 0 Å². The Morgan fingerprint density at radius 3 is 2.32 bits per heavy atom. The maximum atomic E-state index is 12.5. The van der Waals surface area contributed by atoms with Crippen molar-refractivity contribution in [3.8, 4) is 0 Å². The minimum Gasteiger partial charge on any atom is -0.456 e. The molecule has 0 aliphatic rings. The number of nitrogens with zero attached hydrogens (tertiary/aromatic N) is 1. The molecule has 1 aromatic heterocycles. The van der Waals surface area contributed by atoms with Crippen LogP contribution in [0.4, 0.5) is 0 Å². The van der Waals surface area contributed by atoms with Crippen LogP contribution in [-0.2, 0) is 4.74 Å². The van der Waals surface area contributed by atoms with Crippen molar-refractivity contribution < 1.29 is 14.3 Å². The highest BCUT2D eigenvalue weighted by Crippen LogP contribution is 2.24. The van der Waals surface area contributed by atoms with E-state index < -0.39 is 11.6 Å². The molecule has 0 bridgehead atoms. The molecule has 1 heterocycles. The summed E-state index contributed by atoms with van der Waals surface area (Å²) in [6.45, 7) is 7.40. The summed E-state index contributed by atoms with van der Waals surface area (Å²) in [7, 11) is 1.53. The second kappa shape index (κ2) is 7.47. The molecule has 25 heavy (non-hydrogen) atoms. The fraction of sp³-hybridized carbons (Fsp3) is 0.350. The van der Waals surface area contributed by atoms with Crippen molar-refractivity contribution in [3.05, 3.63) is 65.0 Å². The smallest absolute Gasteiger partial charge is 0.338 e. The monoisotopic (exact) mass is 340 g/mol. The number of aromatic nitrogens is 1. The average Bonchev–Trinajstić information content (AvgIpc) is 2.59. The van der Waals surface area contributed by atoms with Gasteiger partial charge in [0.25, 0.3) is 5.91 Å². The van der Waals surface area contributed by atoms with Gasteiger partial charge in [-0.25, -0.2) is 9.78 Å². The average molecular weight is 340 g/mol. The molecule has 0 aliphatic carbocycles. The van der Waals surface area contributed by atoms with Gasteiger partial charge in [-0.05, 0) is 38.5 Å². The van der Waals surface area contributed by atoms with Gasteiger partial charge in [0.1, 0.15) is 11.3 Å². The first kappa shape index (κ1) is 18.6. The van der Waals surface area contributed by atoms with E-state index in [0.29, 0.717) is 11.3 Å². The van der Waals surface area contributed by atoms with Gasteiger partial charge < -0.3 is 10.1 Å². The normalized spacial score (nSPS) is 12.4. The Morgan fingerprint density at radius 2 is 1.76 bits per heavy atom. The second-order valence-electron chi connectivity index (χ2n) is 6.88. The molecule has 2 rings (SSSR count). The summed E-state index contributed by atoms with van der Waals surface area (Å²) in [5.41, 5.74) is 1.61. The molecule has 0 aliphatic heterocycles. The zero-order valence-electron chi connectivity index (χ0n) is 15.3. The first-order chi connectivity index (χ1) is 11.7. The van der Waals surface area contributed by atoms with Gasteiger partial charge in [-0.3, -0.25) is 4.79 Å². The minimum absolute atomic E-state index is 0.0630. The third-order valence-electron chi connectivity index (χ3n) is 3.68. The number of hydrogen-bond acceptors (Lipinski definition) is 4. The van der Waals surface area contributed by atoms with E-state index >= 15 is 0 Å². The Balaban J connectivity index is 2.47. The number of rotatable bonds is 4. The van der Waals surface area contributed by atoms with E-state index in [9.17, 15) is 9.59 Å². The van der Waals surface area contributed by atoms with E-state index in [0.717, 1.165) is 5.56 Å². The molecule has 5 heteroatoms. The molecule has 0 saturated carbocycles. The summed E-state index contributed by atoms with van der Waals surface area (Å²) in [6.07, 6.45) is 0. The molecule has 1 amide bonds. The van der Waals surface area contributed by atoms with Crippen LogP contribution in [0.25, 0.3) is 0 Å². The summed E-state index contributed by atoms with van der Waals surface area (Å²) in [4.78, 5) is 29.0. The fourth-order valence-electron chi connectivity index (χ4n) is 2.39. The molecular formula is C20H24N2O3. The van der Waals surface area contributed by atoms with Crippen LogP contribution in [-0.4, -0.2) is 29.5 Å². The summed E-state index contributed by atoms with van der Waals surface area (Å²) in [6, 6.07) is 13.0. The number of benzene rings is 1. The molecule has 1 N–H and O–H groups in total. The summed E-state index contributed by atoms with van der Waals surface area (Å²) in [5, 5.41) is 2.55. The maximum absolute atomic E-state index is 12.5. The van der Waals surface area contributed by atoms with Gasteiger partial charge in [-0.1, -0.05) is 37.3 Å². The Hall–Kier alpha value is -2.69. The summed E-state index contributed by atoms with van der Waals surface area (Å²) < 4.78 is 5.43. The fourth-order valence-corrected chi connectivity index (χ4v) is 2.39. The van der Waals surface area contributed by atoms with Crippen LogP contribution in [0.15, 0.2) is 42.5 Å². The van der Waals surface area contributed by atoms with Crippen molar-refractivity contribution in [2.45, 2.75) is 39.2 Å². The molecule has 0 spiro atoms. The van der Waals surface area contributed by atoms with Crippen LogP contribution in [0.5, 0.6) is 0 Å². The number of amides is 1. The Bertz CT molecular complexity index is 764. The third kappa shape index (κ3) is 4.89. The lowest BCUT2D eigenvalue weighted by molar-refractivity contribution is 0.00692. The van der Waals surface area contributed by atoms with Crippen molar-refractivity contribution >= 4 is 11.9 Å².